The fourth-order valence-electron chi connectivity index (χ4n) is 2.52. The molecular formula is C13H18N6OS2. The van der Waals surface area contributed by atoms with Crippen LogP contribution in [0, 0.1) is 6.92 Å². The molecule has 0 radical (unpaired) electrons. The van der Waals surface area contributed by atoms with Crippen LogP contribution in [0.15, 0.2) is 10.9 Å². The molecular weight excluding hydrogens is 320 g/mol. The molecule has 1 fully saturated rings. The van der Waals surface area contributed by atoms with Crippen molar-refractivity contribution >= 4 is 38.8 Å². The van der Waals surface area contributed by atoms with Crippen molar-refractivity contribution in [1.29, 1.82) is 0 Å². The van der Waals surface area contributed by atoms with Gasteiger partial charge in [0, 0.05) is 31.1 Å². The lowest BCUT2D eigenvalue weighted by atomic mass is 10.2. The molecule has 0 bridgehead atoms. The lowest BCUT2D eigenvalue weighted by Gasteiger charge is -2.39. The highest BCUT2D eigenvalue weighted by Crippen LogP contribution is 2.24. The second-order valence-corrected chi connectivity index (χ2v) is 7.01. The van der Waals surface area contributed by atoms with Crippen molar-refractivity contribution in [1.82, 2.24) is 20.1 Å². The molecule has 0 spiro atoms. The van der Waals surface area contributed by atoms with Crippen LogP contribution in [0.2, 0.25) is 0 Å². The molecule has 1 aliphatic rings. The van der Waals surface area contributed by atoms with E-state index in [4.69, 9.17) is 0 Å². The number of aryl methyl sites for hydroxylation is 1. The maximum atomic E-state index is 12.0. The first-order valence-corrected chi connectivity index (χ1v) is 8.85. The first-order valence-electron chi connectivity index (χ1n) is 7.09. The molecule has 1 amide bonds. The number of nitrogens with one attached hydrogen (secondary N) is 1. The molecule has 1 saturated heterocycles. The summed E-state index contributed by atoms with van der Waals surface area (Å²) in [5.74, 6) is -0.0394. The Hall–Kier alpha value is -1.58. The van der Waals surface area contributed by atoms with E-state index in [0.717, 1.165) is 30.5 Å². The number of thiazole rings is 1. The summed E-state index contributed by atoms with van der Waals surface area (Å²) in [7, 11) is 0. The molecule has 0 aliphatic carbocycles. The minimum absolute atomic E-state index is 0.0394. The van der Waals surface area contributed by atoms with E-state index in [1.807, 2.05) is 6.92 Å². The first kappa shape index (κ1) is 15.3. The number of aromatic nitrogens is 3. The summed E-state index contributed by atoms with van der Waals surface area (Å²) in [6.07, 6.45) is 0. The zero-order valence-electron chi connectivity index (χ0n) is 12.5. The van der Waals surface area contributed by atoms with Crippen LogP contribution in [-0.2, 0) is 4.79 Å². The summed E-state index contributed by atoms with van der Waals surface area (Å²) in [6.45, 7) is 7.16. The molecule has 0 saturated carbocycles. The van der Waals surface area contributed by atoms with Gasteiger partial charge in [-0.2, -0.15) is 0 Å². The predicted molar refractivity (Wildman–Crippen MR) is 88.6 cm³/mol. The number of amides is 1. The van der Waals surface area contributed by atoms with E-state index in [-0.39, 0.29) is 5.91 Å². The predicted octanol–water partition coefficient (Wildman–Crippen LogP) is 1.45. The smallest absolute Gasteiger partial charge is 0.240 e. The third kappa shape index (κ3) is 3.60. The van der Waals surface area contributed by atoms with E-state index in [9.17, 15) is 4.79 Å². The number of hydrogen-bond donors (Lipinski definition) is 1. The minimum Gasteiger partial charge on any atom is -0.343 e. The largest absolute Gasteiger partial charge is 0.343 e. The van der Waals surface area contributed by atoms with E-state index in [2.05, 4.69) is 42.6 Å². The Balaban J connectivity index is 1.52. The van der Waals surface area contributed by atoms with Gasteiger partial charge in [-0.15, -0.1) is 21.5 Å². The van der Waals surface area contributed by atoms with Crippen LogP contribution >= 0.6 is 22.7 Å². The number of anilines is 2. The van der Waals surface area contributed by atoms with Crippen molar-refractivity contribution in [3.63, 3.8) is 0 Å². The van der Waals surface area contributed by atoms with Crippen LogP contribution in [0.5, 0.6) is 0 Å². The average molecular weight is 338 g/mol. The SMILES string of the molecule is Cc1csc(N2CCN(CC(=O)Nc3nncs3)C[C@H]2C)n1. The minimum atomic E-state index is -0.0394. The highest BCUT2D eigenvalue weighted by Gasteiger charge is 2.26. The molecule has 22 heavy (non-hydrogen) atoms. The highest BCUT2D eigenvalue weighted by atomic mass is 32.1. The zero-order valence-corrected chi connectivity index (χ0v) is 14.2. The summed E-state index contributed by atoms with van der Waals surface area (Å²) in [6, 6.07) is 0.341. The van der Waals surface area contributed by atoms with Gasteiger partial charge in [0.15, 0.2) is 5.13 Å². The topological polar surface area (TPSA) is 74.2 Å². The lowest BCUT2D eigenvalue weighted by molar-refractivity contribution is -0.117. The molecule has 2 aromatic rings. The van der Waals surface area contributed by atoms with E-state index < -0.39 is 0 Å². The number of carbonyl (C=O) groups is 1. The van der Waals surface area contributed by atoms with Gasteiger partial charge >= 0.3 is 0 Å². The average Bonchev–Trinajstić information content (AvgIpc) is 3.10. The molecule has 3 rings (SSSR count). The standard InChI is InChI=1S/C13H18N6OS2/c1-9-7-21-13(15-9)19-4-3-18(5-10(19)2)6-11(20)16-12-17-14-8-22-12/h7-8,10H,3-6H2,1-2H3,(H,16,17,20)/t10-/m1/s1. The second kappa shape index (κ2) is 6.67. The summed E-state index contributed by atoms with van der Waals surface area (Å²) in [5.41, 5.74) is 2.66. The third-order valence-electron chi connectivity index (χ3n) is 3.54. The van der Waals surface area contributed by atoms with Gasteiger partial charge in [0.2, 0.25) is 11.0 Å². The van der Waals surface area contributed by atoms with Gasteiger partial charge in [0.1, 0.15) is 5.51 Å². The number of carbonyl (C=O) groups excluding carboxylic acids is 1. The van der Waals surface area contributed by atoms with Crippen LogP contribution in [0.4, 0.5) is 10.3 Å². The Labute approximate surface area is 137 Å². The second-order valence-electron chi connectivity index (χ2n) is 5.34. The van der Waals surface area contributed by atoms with E-state index >= 15 is 0 Å². The third-order valence-corrected chi connectivity index (χ3v) is 5.14. The van der Waals surface area contributed by atoms with Crippen molar-refractivity contribution in [2.24, 2.45) is 0 Å². The van der Waals surface area contributed by atoms with Crippen LogP contribution < -0.4 is 10.2 Å². The molecule has 118 valence electrons. The van der Waals surface area contributed by atoms with E-state index in [1.54, 1.807) is 16.8 Å². The van der Waals surface area contributed by atoms with Crippen molar-refractivity contribution < 1.29 is 4.79 Å². The molecule has 9 heteroatoms. The number of hydrogen-bond acceptors (Lipinski definition) is 8. The van der Waals surface area contributed by atoms with E-state index in [1.165, 1.54) is 11.3 Å². The summed E-state index contributed by atoms with van der Waals surface area (Å²) in [4.78, 5) is 21.0. The summed E-state index contributed by atoms with van der Waals surface area (Å²) < 4.78 is 0. The van der Waals surface area contributed by atoms with Gasteiger partial charge in [-0.05, 0) is 13.8 Å². The zero-order chi connectivity index (χ0) is 15.5. The summed E-state index contributed by atoms with van der Waals surface area (Å²) in [5, 5.41) is 14.0. The normalized spacial score (nSPS) is 19.4. The fraction of sp³-hybridized carbons (Fsp3) is 0.538. The lowest BCUT2D eigenvalue weighted by Crippen LogP contribution is -2.53. The van der Waals surface area contributed by atoms with Crippen molar-refractivity contribution in [2.75, 3.05) is 36.4 Å². The van der Waals surface area contributed by atoms with Gasteiger partial charge in [-0.25, -0.2) is 4.98 Å². The maximum Gasteiger partial charge on any atom is 0.240 e. The van der Waals surface area contributed by atoms with E-state index in [0.29, 0.717) is 17.7 Å². The Morgan fingerprint density at radius 1 is 1.45 bits per heavy atom. The van der Waals surface area contributed by atoms with Crippen LogP contribution in [0.1, 0.15) is 12.6 Å². The van der Waals surface area contributed by atoms with Crippen LogP contribution in [0.25, 0.3) is 0 Å². The van der Waals surface area contributed by atoms with Crippen LogP contribution in [-0.4, -0.2) is 58.2 Å². The Morgan fingerprint density at radius 3 is 2.95 bits per heavy atom. The quantitative estimate of drug-likeness (QED) is 0.909. The Bertz CT molecular complexity index is 628. The Kier molecular flexibility index (Phi) is 4.65. The van der Waals surface area contributed by atoms with Crippen molar-refractivity contribution in [2.45, 2.75) is 19.9 Å². The molecule has 3 heterocycles. The van der Waals surface area contributed by atoms with Gasteiger partial charge in [0.25, 0.3) is 0 Å². The van der Waals surface area contributed by atoms with Crippen LogP contribution in [0.3, 0.4) is 0 Å². The molecule has 1 aliphatic heterocycles. The number of rotatable bonds is 4. The summed E-state index contributed by atoms with van der Waals surface area (Å²) >= 11 is 3.01. The van der Waals surface area contributed by atoms with Crippen molar-refractivity contribution in [3.05, 3.63) is 16.6 Å². The molecule has 7 nitrogen and oxygen atoms in total. The van der Waals surface area contributed by atoms with Gasteiger partial charge in [0.05, 0.1) is 12.2 Å². The van der Waals surface area contributed by atoms with Crippen molar-refractivity contribution in [3.8, 4) is 0 Å². The number of piperazine rings is 1. The Morgan fingerprint density at radius 2 is 2.32 bits per heavy atom. The van der Waals surface area contributed by atoms with Gasteiger partial charge in [-0.1, -0.05) is 11.3 Å². The molecule has 0 unspecified atom stereocenters. The maximum absolute atomic E-state index is 12.0. The number of nitrogens with zero attached hydrogens (tertiary/aromatic N) is 5. The fourth-order valence-corrected chi connectivity index (χ4v) is 3.92. The molecule has 2 aromatic heterocycles. The molecule has 1 N–H and O–H groups in total. The first-order chi connectivity index (χ1) is 10.6. The monoisotopic (exact) mass is 338 g/mol. The molecule has 0 aromatic carbocycles. The molecule has 1 atom stereocenters. The van der Waals surface area contributed by atoms with Gasteiger partial charge in [-0.3, -0.25) is 15.0 Å². The van der Waals surface area contributed by atoms with Gasteiger partial charge < -0.3 is 4.90 Å². The highest BCUT2D eigenvalue weighted by molar-refractivity contribution is 7.13.